The molecule has 4 saturated carbocycles. The number of carbonyl (C=O) groups is 1. The smallest absolute Gasteiger partial charge is 0.355 e. The predicted molar refractivity (Wildman–Crippen MR) is 151 cm³/mol. The fraction of sp³-hybridized carbons (Fsp3) is 0.962. The molecule has 0 radical (unpaired) electrons. The summed E-state index contributed by atoms with van der Waals surface area (Å²) in [5, 5.41) is 2.53. The van der Waals surface area contributed by atoms with Gasteiger partial charge in [-0.25, -0.2) is 8.37 Å². The molecule has 13 nitrogen and oxygen atoms in total. The molecule has 0 aliphatic heterocycles. The van der Waals surface area contributed by atoms with Gasteiger partial charge in [-0.05, 0) is 104 Å². The van der Waals surface area contributed by atoms with Gasteiger partial charge in [0, 0.05) is 13.0 Å². The molecule has 244 valence electrons. The summed E-state index contributed by atoms with van der Waals surface area (Å²) in [6.45, 7) is 6.37. The Kier molecular flexibility index (Phi) is 9.83. The van der Waals surface area contributed by atoms with E-state index >= 15 is 0 Å². The molecular weight excluding hydrogens is 614 g/mol. The summed E-state index contributed by atoms with van der Waals surface area (Å²) in [6, 6.07) is 0. The molecule has 0 spiro atoms. The van der Waals surface area contributed by atoms with Gasteiger partial charge in [-0.2, -0.15) is 25.3 Å². The van der Waals surface area contributed by atoms with E-state index < -0.39 is 48.9 Å². The molecule has 4 fully saturated rings. The third kappa shape index (κ3) is 7.66. The second-order valence-electron chi connectivity index (χ2n) is 13.6. The molecular formula is C26H45NO12S3. The lowest BCUT2D eigenvalue weighted by molar-refractivity contribution is -0.166. The molecule has 4 aliphatic carbocycles. The van der Waals surface area contributed by atoms with Crippen LogP contribution in [0, 0.1) is 46.3 Å². The number of amides is 1. The number of hydrogen-bond donors (Lipinski definition) is 4. The first kappa shape index (κ1) is 34.0. The van der Waals surface area contributed by atoms with Gasteiger partial charge in [-0.1, -0.05) is 20.8 Å². The molecule has 1 unspecified atom stereocenters. The zero-order chi connectivity index (χ0) is 31.3. The Morgan fingerprint density at radius 1 is 0.881 bits per heavy atom. The van der Waals surface area contributed by atoms with E-state index in [1.165, 1.54) is 0 Å². The van der Waals surface area contributed by atoms with Crippen molar-refractivity contribution in [3.63, 3.8) is 0 Å². The Labute approximate surface area is 249 Å². The Hall–Kier alpha value is -0.880. The number of rotatable bonds is 11. The maximum Gasteiger partial charge on any atom is 0.397 e. The lowest BCUT2D eigenvalue weighted by Crippen LogP contribution is -2.59. The summed E-state index contributed by atoms with van der Waals surface area (Å²) in [6.07, 6.45) is 4.57. The predicted octanol–water partition coefficient (Wildman–Crippen LogP) is 3.05. The first-order chi connectivity index (χ1) is 19.2. The molecule has 0 heterocycles. The van der Waals surface area contributed by atoms with Gasteiger partial charge in [-0.3, -0.25) is 18.5 Å². The summed E-state index contributed by atoms with van der Waals surface area (Å²) < 4.78 is 107. The quantitative estimate of drug-likeness (QED) is 0.236. The topological polar surface area (TPSA) is 211 Å². The molecule has 10 atom stereocenters. The van der Waals surface area contributed by atoms with E-state index in [-0.39, 0.29) is 65.2 Å². The molecule has 4 N–H and O–H groups in total. The van der Waals surface area contributed by atoms with E-state index in [9.17, 15) is 39.2 Å². The zero-order valence-electron chi connectivity index (χ0n) is 24.3. The van der Waals surface area contributed by atoms with Gasteiger partial charge in [0.1, 0.15) is 0 Å². The summed E-state index contributed by atoms with van der Waals surface area (Å²) in [5.74, 6) is -0.415. The lowest BCUT2D eigenvalue weighted by atomic mass is 9.43. The van der Waals surface area contributed by atoms with Gasteiger partial charge in [-0.15, -0.1) is 0 Å². The lowest BCUT2D eigenvalue weighted by Gasteiger charge is -2.62. The van der Waals surface area contributed by atoms with Crippen LogP contribution in [-0.2, 0) is 44.1 Å². The van der Waals surface area contributed by atoms with Gasteiger partial charge in [0.15, 0.2) is 0 Å². The first-order valence-corrected chi connectivity index (χ1v) is 19.1. The summed E-state index contributed by atoms with van der Waals surface area (Å²) in [4.78, 5) is 12.3. The molecule has 0 aromatic heterocycles. The van der Waals surface area contributed by atoms with Crippen LogP contribution in [0.4, 0.5) is 0 Å². The molecule has 16 heteroatoms. The Bertz CT molecular complexity index is 1340. The summed E-state index contributed by atoms with van der Waals surface area (Å²) >= 11 is 0. The number of fused-ring (bicyclic) bond motifs is 5. The van der Waals surface area contributed by atoms with Crippen LogP contribution in [0.15, 0.2) is 0 Å². The van der Waals surface area contributed by atoms with Crippen molar-refractivity contribution in [1.29, 1.82) is 0 Å². The van der Waals surface area contributed by atoms with Crippen LogP contribution in [0.3, 0.4) is 0 Å². The monoisotopic (exact) mass is 659 g/mol. The Balaban J connectivity index is 1.50. The highest BCUT2D eigenvalue weighted by atomic mass is 32.3. The van der Waals surface area contributed by atoms with Crippen LogP contribution in [0.5, 0.6) is 0 Å². The van der Waals surface area contributed by atoms with Crippen LogP contribution in [-0.4, -0.2) is 69.3 Å². The third-order valence-electron chi connectivity index (χ3n) is 11.4. The van der Waals surface area contributed by atoms with Crippen molar-refractivity contribution in [2.45, 2.75) is 97.2 Å². The average Bonchev–Trinajstić information content (AvgIpc) is 3.18. The fourth-order valence-electron chi connectivity index (χ4n) is 9.62. The minimum Gasteiger partial charge on any atom is -0.355 e. The molecule has 0 aromatic carbocycles. The van der Waals surface area contributed by atoms with Gasteiger partial charge in [0.25, 0.3) is 10.1 Å². The highest BCUT2D eigenvalue weighted by Gasteiger charge is 2.64. The van der Waals surface area contributed by atoms with E-state index in [1.807, 2.05) is 0 Å². The zero-order valence-corrected chi connectivity index (χ0v) is 26.8. The maximum atomic E-state index is 12.3. The van der Waals surface area contributed by atoms with Crippen LogP contribution < -0.4 is 5.32 Å². The van der Waals surface area contributed by atoms with Crippen molar-refractivity contribution in [3.05, 3.63) is 0 Å². The van der Waals surface area contributed by atoms with E-state index in [1.54, 1.807) is 0 Å². The summed E-state index contributed by atoms with van der Waals surface area (Å²) in [7, 11) is -13.5. The maximum absolute atomic E-state index is 12.3. The molecule has 1 amide bonds. The Morgan fingerprint density at radius 2 is 1.50 bits per heavy atom. The minimum atomic E-state index is -4.75. The van der Waals surface area contributed by atoms with E-state index in [0.29, 0.717) is 32.1 Å². The highest BCUT2D eigenvalue weighted by Crippen LogP contribution is 2.69. The van der Waals surface area contributed by atoms with Crippen molar-refractivity contribution >= 4 is 36.8 Å². The molecule has 4 rings (SSSR count). The normalized spacial score (nSPS) is 39.5. The van der Waals surface area contributed by atoms with E-state index in [4.69, 9.17) is 12.9 Å². The molecule has 42 heavy (non-hydrogen) atoms. The number of nitrogens with one attached hydrogen (secondary N) is 1. The third-order valence-corrected chi connectivity index (χ3v) is 13.1. The standard InChI is InChI=1S/C26H45NO12S3/c1-16(4-7-23(28)27-12-13-40(29,30)31)19-5-6-20-24-21(9-11-26(19,20)3)25(2)10-8-18(38-41(32,33)34)14-17(25)15-22(24)39-42(35,36)37/h16-22,24H,4-15H2,1-3H3,(H,27,28)(H,29,30,31)(H,32,33,34)(H,35,36,37)/t16-,17?,18-,19-,20+,21+,22-,24+,25+,26-/m1/s1. The number of hydrogen-bond acceptors (Lipinski definition) is 9. The van der Waals surface area contributed by atoms with Crippen LogP contribution in [0.1, 0.15) is 85.0 Å². The average molecular weight is 660 g/mol. The minimum absolute atomic E-state index is 0.0930. The molecule has 0 saturated heterocycles. The fourth-order valence-corrected chi connectivity index (χ4v) is 11.0. The SMILES string of the molecule is C[C@H](CCC(=O)NCCS(=O)(=O)O)[C@H]1CC[C@H]2[C@@H]3[C@H](OS(=O)(=O)O)CC4C[C@H](OS(=O)(=O)O)CC[C@]4(C)[C@H]3CC[C@]12C. The van der Waals surface area contributed by atoms with Gasteiger partial charge in [0.2, 0.25) is 5.91 Å². The van der Waals surface area contributed by atoms with Crippen molar-refractivity contribution in [3.8, 4) is 0 Å². The summed E-state index contributed by atoms with van der Waals surface area (Å²) in [5.41, 5.74) is -0.356. The van der Waals surface area contributed by atoms with Gasteiger partial charge < -0.3 is 5.32 Å². The van der Waals surface area contributed by atoms with Gasteiger partial charge >= 0.3 is 20.8 Å². The highest BCUT2D eigenvalue weighted by molar-refractivity contribution is 7.85. The van der Waals surface area contributed by atoms with Crippen LogP contribution in [0.25, 0.3) is 0 Å². The Morgan fingerprint density at radius 3 is 2.12 bits per heavy atom. The molecule has 0 aromatic rings. The van der Waals surface area contributed by atoms with Crippen molar-refractivity contribution < 1.29 is 52.1 Å². The largest absolute Gasteiger partial charge is 0.397 e. The first-order valence-electron chi connectivity index (χ1n) is 14.7. The van der Waals surface area contributed by atoms with Crippen molar-refractivity contribution in [1.82, 2.24) is 5.32 Å². The van der Waals surface area contributed by atoms with Gasteiger partial charge in [0.05, 0.1) is 18.0 Å². The second-order valence-corrected chi connectivity index (χ2v) is 17.3. The van der Waals surface area contributed by atoms with E-state index in [0.717, 1.165) is 25.7 Å². The molecule has 0 bridgehead atoms. The van der Waals surface area contributed by atoms with Crippen molar-refractivity contribution in [2.75, 3.05) is 12.3 Å². The van der Waals surface area contributed by atoms with Crippen LogP contribution in [0.2, 0.25) is 0 Å². The number of carbonyl (C=O) groups excluding carboxylic acids is 1. The van der Waals surface area contributed by atoms with E-state index in [2.05, 4.69) is 26.1 Å². The van der Waals surface area contributed by atoms with Crippen LogP contribution >= 0.6 is 0 Å². The second kappa shape index (κ2) is 12.1. The van der Waals surface area contributed by atoms with Crippen molar-refractivity contribution in [2.24, 2.45) is 46.3 Å². The molecule has 4 aliphatic rings.